The molecule has 0 bridgehead atoms. The van der Waals surface area contributed by atoms with Crippen molar-refractivity contribution in [2.45, 2.75) is 25.7 Å². The monoisotopic (exact) mass is 255 g/mol. The van der Waals surface area contributed by atoms with E-state index in [1.54, 1.807) is 11.3 Å². The highest BCUT2D eigenvalue weighted by molar-refractivity contribution is 9.10. The summed E-state index contributed by atoms with van der Waals surface area (Å²) in [5, 5.41) is 11.1. The smallest absolute Gasteiger partial charge is 0.0693 e. The van der Waals surface area contributed by atoms with Crippen LogP contribution >= 0.6 is 27.3 Å². The van der Waals surface area contributed by atoms with E-state index in [4.69, 9.17) is 5.26 Å². The largest absolute Gasteiger partial charge is 0.198 e. The highest BCUT2D eigenvalue weighted by Gasteiger charge is 2.37. The van der Waals surface area contributed by atoms with Crippen LogP contribution in [0.2, 0.25) is 0 Å². The maximum atomic E-state index is 9.05. The predicted octanol–water partition coefficient (Wildman–Crippen LogP) is 3.75. The lowest BCUT2D eigenvalue weighted by molar-refractivity contribution is 0.215. The molecule has 1 heterocycles. The molecule has 0 unspecified atom stereocenters. The first kappa shape index (κ1) is 9.23. The van der Waals surface area contributed by atoms with Gasteiger partial charge in [-0.25, -0.2) is 0 Å². The second-order valence-corrected chi connectivity index (χ2v) is 5.57. The van der Waals surface area contributed by atoms with Gasteiger partial charge in [-0.05, 0) is 34.8 Å². The van der Waals surface area contributed by atoms with Gasteiger partial charge in [-0.15, -0.1) is 11.3 Å². The van der Waals surface area contributed by atoms with Crippen molar-refractivity contribution >= 4 is 27.3 Å². The molecule has 2 rings (SSSR count). The number of halogens is 1. The van der Waals surface area contributed by atoms with Crippen LogP contribution in [-0.2, 0) is 6.42 Å². The first-order chi connectivity index (χ1) is 6.24. The Morgan fingerprint density at radius 3 is 2.77 bits per heavy atom. The fourth-order valence-corrected chi connectivity index (χ4v) is 3.31. The molecule has 68 valence electrons. The summed E-state index contributed by atoms with van der Waals surface area (Å²) in [6.07, 6.45) is 4.33. The Morgan fingerprint density at radius 1 is 1.62 bits per heavy atom. The first-order valence-electron chi connectivity index (χ1n) is 4.38. The normalized spacial score (nSPS) is 19.1. The molecule has 0 aliphatic heterocycles. The lowest BCUT2D eigenvalue weighted by Gasteiger charge is -2.34. The topological polar surface area (TPSA) is 23.8 Å². The lowest BCUT2D eigenvalue weighted by atomic mass is 9.67. The Labute approximate surface area is 90.5 Å². The van der Waals surface area contributed by atoms with Crippen LogP contribution in [0.3, 0.4) is 0 Å². The molecule has 0 radical (unpaired) electrons. The summed E-state index contributed by atoms with van der Waals surface area (Å²) in [6.45, 7) is 0. The standard InChI is InChI=1S/C10H10BrNS/c11-8-4-9(13-6-8)5-10(7-12)2-1-3-10/h4,6H,1-3,5H2. The average molecular weight is 256 g/mol. The Kier molecular flexibility index (Phi) is 2.44. The average Bonchev–Trinajstić information content (AvgIpc) is 2.44. The molecule has 1 aliphatic rings. The maximum Gasteiger partial charge on any atom is 0.0693 e. The summed E-state index contributed by atoms with van der Waals surface area (Å²) in [5.41, 5.74) is -0.0235. The minimum atomic E-state index is -0.0235. The molecule has 1 nitrogen and oxygen atoms in total. The molecule has 0 aromatic carbocycles. The van der Waals surface area contributed by atoms with E-state index in [1.165, 1.54) is 11.3 Å². The van der Waals surface area contributed by atoms with E-state index in [2.05, 4.69) is 33.4 Å². The molecule has 0 atom stereocenters. The molecule has 1 aromatic heterocycles. The highest BCUT2D eigenvalue weighted by atomic mass is 79.9. The maximum absolute atomic E-state index is 9.05. The molecule has 1 fully saturated rings. The van der Waals surface area contributed by atoms with Crippen LogP contribution in [0.25, 0.3) is 0 Å². The summed E-state index contributed by atoms with van der Waals surface area (Å²) >= 11 is 5.17. The van der Waals surface area contributed by atoms with Gasteiger partial charge in [0.2, 0.25) is 0 Å². The fourth-order valence-electron chi connectivity index (χ4n) is 1.71. The van der Waals surface area contributed by atoms with E-state index in [9.17, 15) is 0 Å². The summed E-state index contributed by atoms with van der Waals surface area (Å²) in [5.74, 6) is 0. The molecule has 0 saturated heterocycles. The van der Waals surface area contributed by atoms with E-state index >= 15 is 0 Å². The van der Waals surface area contributed by atoms with E-state index in [-0.39, 0.29) is 5.41 Å². The van der Waals surface area contributed by atoms with E-state index < -0.39 is 0 Å². The minimum absolute atomic E-state index is 0.0235. The van der Waals surface area contributed by atoms with Crippen LogP contribution in [0.5, 0.6) is 0 Å². The number of hydrogen-bond donors (Lipinski definition) is 0. The van der Waals surface area contributed by atoms with Crippen molar-refractivity contribution in [3.63, 3.8) is 0 Å². The third-order valence-electron chi connectivity index (χ3n) is 2.68. The van der Waals surface area contributed by atoms with Crippen molar-refractivity contribution in [3.8, 4) is 6.07 Å². The van der Waals surface area contributed by atoms with Crippen molar-refractivity contribution in [1.82, 2.24) is 0 Å². The molecule has 0 spiro atoms. The zero-order valence-electron chi connectivity index (χ0n) is 7.22. The Morgan fingerprint density at radius 2 is 2.38 bits per heavy atom. The second kappa shape index (κ2) is 3.43. The van der Waals surface area contributed by atoms with Crippen LogP contribution in [0.1, 0.15) is 24.1 Å². The van der Waals surface area contributed by atoms with Gasteiger partial charge in [0.15, 0.2) is 0 Å². The molecule has 13 heavy (non-hydrogen) atoms. The van der Waals surface area contributed by atoms with Gasteiger partial charge in [-0.3, -0.25) is 0 Å². The van der Waals surface area contributed by atoms with Gasteiger partial charge < -0.3 is 0 Å². The van der Waals surface area contributed by atoms with Crippen LogP contribution in [0.4, 0.5) is 0 Å². The summed E-state index contributed by atoms with van der Waals surface area (Å²) < 4.78 is 1.14. The molecule has 3 heteroatoms. The van der Waals surface area contributed by atoms with Gasteiger partial charge in [0.25, 0.3) is 0 Å². The third-order valence-corrected chi connectivity index (χ3v) is 4.38. The van der Waals surface area contributed by atoms with Gasteiger partial charge in [-0.2, -0.15) is 5.26 Å². The first-order valence-corrected chi connectivity index (χ1v) is 6.06. The predicted molar refractivity (Wildman–Crippen MR) is 57.6 cm³/mol. The zero-order chi connectivity index (χ0) is 9.31. The van der Waals surface area contributed by atoms with Crippen LogP contribution in [0, 0.1) is 16.7 Å². The lowest BCUT2D eigenvalue weighted by Crippen LogP contribution is -2.29. The third kappa shape index (κ3) is 1.79. The van der Waals surface area contributed by atoms with Gasteiger partial charge in [0.05, 0.1) is 11.5 Å². The van der Waals surface area contributed by atoms with Gasteiger partial charge in [0, 0.05) is 21.2 Å². The highest BCUT2D eigenvalue weighted by Crippen LogP contribution is 2.44. The number of hydrogen-bond acceptors (Lipinski definition) is 2. The molecule has 0 amide bonds. The molecular weight excluding hydrogens is 246 g/mol. The second-order valence-electron chi connectivity index (χ2n) is 3.65. The van der Waals surface area contributed by atoms with Crippen LogP contribution in [0.15, 0.2) is 15.9 Å². The summed E-state index contributed by atoms with van der Waals surface area (Å²) in [7, 11) is 0. The van der Waals surface area contributed by atoms with E-state index in [0.29, 0.717) is 0 Å². The zero-order valence-corrected chi connectivity index (χ0v) is 9.62. The molecule has 1 saturated carbocycles. The molecule has 1 aliphatic carbocycles. The van der Waals surface area contributed by atoms with Crippen LogP contribution in [-0.4, -0.2) is 0 Å². The number of thiophene rings is 1. The fraction of sp³-hybridized carbons (Fsp3) is 0.500. The number of nitriles is 1. The van der Waals surface area contributed by atoms with Crippen molar-refractivity contribution in [2.24, 2.45) is 5.41 Å². The SMILES string of the molecule is N#CC1(Cc2cc(Br)cs2)CCC1. The Balaban J connectivity index is 2.09. The van der Waals surface area contributed by atoms with Crippen molar-refractivity contribution in [1.29, 1.82) is 5.26 Å². The van der Waals surface area contributed by atoms with Gasteiger partial charge >= 0.3 is 0 Å². The molecular formula is C10H10BrNS. The van der Waals surface area contributed by atoms with Crippen molar-refractivity contribution in [3.05, 3.63) is 20.8 Å². The van der Waals surface area contributed by atoms with E-state index in [1.807, 2.05) is 0 Å². The van der Waals surface area contributed by atoms with Gasteiger partial charge in [-0.1, -0.05) is 6.42 Å². The quantitative estimate of drug-likeness (QED) is 0.790. The molecule has 0 N–H and O–H groups in total. The number of rotatable bonds is 2. The number of nitrogens with zero attached hydrogens (tertiary/aromatic N) is 1. The minimum Gasteiger partial charge on any atom is -0.198 e. The Bertz CT molecular complexity index is 346. The van der Waals surface area contributed by atoms with Crippen LogP contribution < -0.4 is 0 Å². The van der Waals surface area contributed by atoms with Crippen molar-refractivity contribution in [2.75, 3.05) is 0 Å². The summed E-state index contributed by atoms with van der Waals surface area (Å²) in [4.78, 5) is 1.33. The molecule has 1 aromatic rings. The van der Waals surface area contributed by atoms with Crippen molar-refractivity contribution < 1.29 is 0 Å². The van der Waals surface area contributed by atoms with E-state index in [0.717, 1.165) is 23.7 Å². The van der Waals surface area contributed by atoms with Gasteiger partial charge in [0.1, 0.15) is 0 Å². The Hall–Kier alpha value is -0.330. The summed E-state index contributed by atoms with van der Waals surface area (Å²) in [6, 6.07) is 4.59.